The van der Waals surface area contributed by atoms with Crippen molar-refractivity contribution in [2.24, 2.45) is 16.8 Å². The van der Waals surface area contributed by atoms with Gasteiger partial charge in [0, 0.05) is 33.2 Å². The number of nitrogens with zero attached hydrogens (tertiary/aromatic N) is 3. The van der Waals surface area contributed by atoms with E-state index in [4.69, 9.17) is 0 Å². The van der Waals surface area contributed by atoms with Gasteiger partial charge in [-0.15, -0.1) is 0 Å². The number of aliphatic imine (C=N–C) groups is 1. The van der Waals surface area contributed by atoms with Crippen molar-refractivity contribution in [3.63, 3.8) is 0 Å². The molecule has 23 heavy (non-hydrogen) atoms. The summed E-state index contributed by atoms with van der Waals surface area (Å²) in [4.78, 5) is 8.00. The molecule has 1 saturated heterocycles. The average molecular weight is 334 g/mol. The molecule has 0 aromatic heterocycles. The Bertz CT molecular complexity index is 393. The molecule has 1 N–H and O–H groups in total. The van der Waals surface area contributed by atoms with Crippen LogP contribution in [-0.2, 0) is 0 Å². The van der Waals surface area contributed by atoms with Crippen molar-refractivity contribution in [3.8, 4) is 0 Å². The molecule has 2 fully saturated rings. The Kier molecular flexibility index (Phi) is 6.56. The lowest BCUT2D eigenvalue weighted by Crippen LogP contribution is -2.42. The minimum Gasteiger partial charge on any atom is -0.356 e. The normalized spacial score (nSPS) is 23.0. The lowest BCUT2D eigenvalue weighted by molar-refractivity contribution is -0.146. The van der Waals surface area contributed by atoms with E-state index in [9.17, 15) is 13.2 Å². The zero-order valence-electron chi connectivity index (χ0n) is 14.2. The van der Waals surface area contributed by atoms with Gasteiger partial charge in [0.15, 0.2) is 5.96 Å². The highest BCUT2D eigenvalue weighted by Gasteiger charge is 2.33. The zero-order chi connectivity index (χ0) is 16.9. The predicted molar refractivity (Wildman–Crippen MR) is 86.6 cm³/mol. The monoisotopic (exact) mass is 334 g/mol. The number of hydrogen-bond acceptors (Lipinski definition) is 2. The second-order valence-electron chi connectivity index (χ2n) is 6.75. The SMILES string of the molecule is CCN(CC1CCN(C(=NC)NCCC2CC2)C1)CC(F)(F)F. The highest BCUT2D eigenvalue weighted by Crippen LogP contribution is 2.31. The summed E-state index contributed by atoms with van der Waals surface area (Å²) in [6, 6.07) is 0. The highest BCUT2D eigenvalue weighted by atomic mass is 19.4. The fourth-order valence-corrected chi connectivity index (χ4v) is 3.23. The molecule has 0 aromatic rings. The Balaban J connectivity index is 1.74. The van der Waals surface area contributed by atoms with E-state index in [1.807, 2.05) is 0 Å². The second-order valence-corrected chi connectivity index (χ2v) is 6.75. The quantitative estimate of drug-likeness (QED) is 0.573. The number of halogens is 3. The molecule has 1 heterocycles. The van der Waals surface area contributed by atoms with Gasteiger partial charge >= 0.3 is 6.18 Å². The Hall–Kier alpha value is -0.980. The van der Waals surface area contributed by atoms with Crippen LogP contribution in [0.1, 0.15) is 32.6 Å². The van der Waals surface area contributed by atoms with Crippen molar-refractivity contribution < 1.29 is 13.2 Å². The van der Waals surface area contributed by atoms with Gasteiger partial charge in [-0.25, -0.2) is 0 Å². The first-order valence-electron chi connectivity index (χ1n) is 8.66. The van der Waals surface area contributed by atoms with Gasteiger partial charge in [0.1, 0.15) is 0 Å². The maximum absolute atomic E-state index is 12.6. The minimum atomic E-state index is -4.12. The molecule has 1 saturated carbocycles. The molecule has 7 heteroatoms. The van der Waals surface area contributed by atoms with Crippen LogP contribution >= 0.6 is 0 Å². The topological polar surface area (TPSA) is 30.9 Å². The predicted octanol–water partition coefficient (Wildman–Crippen LogP) is 2.57. The summed E-state index contributed by atoms with van der Waals surface area (Å²) < 4.78 is 37.7. The third-order valence-electron chi connectivity index (χ3n) is 4.70. The van der Waals surface area contributed by atoms with E-state index in [1.54, 1.807) is 14.0 Å². The number of hydrogen-bond donors (Lipinski definition) is 1. The molecule has 0 aromatic carbocycles. The van der Waals surface area contributed by atoms with Crippen LogP contribution in [0.3, 0.4) is 0 Å². The van der Waals surface area contributed by atoms with Gasteiger partial charge in [-0.2, -0.15) is 13.2 Å². The van der Waals surface area contributed by atoms with Crippen LogP contribution in [0.25, 0.3) is 0 Å². The first kappa shape index (κ1) is 18.4. The van der Waals surface area contributed by atoms with Crippen LogP contribution < -0.4 is 5.32 Å². The molecular weight excluding hydrogens is 305 g/mol. The van der Waals surface area contributed by atoms with Gasteiger partial charge in [0.2, 0.25) is 0 Å². The van der Waals surface area contributed by atoms with E-state index in [0.29, 0.717) is 13.1 Å². The number of likely N-dealkylation sites (tertiary alicyclic amines) is 1. The Morgan fingerprint density at radius 1 is 1.26 bits per heavy atom. The molecule has 1 unspecified atom stereocenters. The van der Waals surface area contributed by atoms with Gasteiger partial charge in [-0.1, -0.05) is 19.8 Å². The van der Waals surface area contributed by atoms with Crippen molar-refractivity contribution in [1.82, 2.24) is 15.1 Å². The Labute approximate surface area is 137 Å². The molecule has 134 valence electrons. The van der Waals surface area contributed by atoms with Crippen LogP contribution in [-0.4, -0.2) is 68.3 Å². The Morgan fingerprint density at radius 3 is 2.57 bits per heavy atom. The molecular formula is C16H29F3N4. The first-order valence-corrected chi connectivity index (χ1v) is 8.66. The van der Waals surface area contributed by atoms with E-state index in [1.165, 1.54) is 24.2 Å². The van der Waals surface area contributed by atoms with Crippen LogP contribution in [0.4, 0.5) is 13.2 Å². The van der Waals surface area contributed by atoms with E-state index in [2.05, 4.69) is 15.2 Å². The van der Waals surface area contributed by atoms with E-state index < -0.39 is 12.7 Å². The summed E-state index contributed by atoms with van der Waals surface area (Å²) in [5, 5.41) is 3.39. The number of nitrogens with one attached hydrogen (secondary N) is 1. The van der Waals surface area contributed by atoms with Crippen LogP contribution in [0.2, 0.25) is 0 Å². The second kappa shape index (κ2) is 8.22. The summed E-state index contributed by atoms with van der Waals surface area (Å²) in [6.45, 7) is 4.52. The molecule has 1 aliphatic carbocycles. The van der Waals surface area contributed by atoms with Crippen molar-refractivity contribution in [3.05, 3.63) is 0 Å². The van der Waals surface area contributed by atoms with Gasteiger partial charge in [-0.3, -0.25) is 9.89 Å². The largest absolute Gasteiger partial charge is 0.401 e. The van der Waals surface area contributed by atoms with Crippen molar-refractivity contribution >= 4 is 5.96 Å². The molecule has 0 spiro atoms. The standard InChI is InChI=1S/C16H29F3N4/c1-3-22(12-16(17,18)19)10-14-7-9-23(11-14)15(20-2)21-8-6-13-4-5-13/h13-14H,3-12H2,1-2H3,(H,20,21). The summed E-state index contributed by atoms with van der Waals surface area (Å²) >= 11 is 0. The van der Waals surface area contributed by atoms with E-state index in [-0.39, 0.29) is 5.92 Å². The van der Waals surface area contributed by atoms with Crippen LogP contribution in [0.5, 0.6) is 0 Å². The molecule has 0 bridgehead atoms. The van der Waals surface area contributed by atoms with E-state index in [0.717, 1.165) is 37.9 Å². The van der Waals surface area contributed by atoms with Crippen molar-refractivity contribution in [1.29, 1.82) is 0 Å². The first-order chi connectivity index (χ1) is 10.9. The van der Waals surface area contributed by atoms with E-state index >= 15 is 0 Å². The third kappa shape index (κ3) is 6.57. The molecule has 1 aliphatic heterocycles. The highest BCUT2D eigenvalue weighted by molar-refractivity contribution is 5.80. The molecule has 0 amide bonds. The maximum Gasteiger partial charge on any atom is 0.401 e. The summed E-state index contributed by atoms with van der Waals surface area (Å²) in [5.41, 5.74) is 0. The minimum absolute atomic E-state index is 0.277. The molecule has 1 atom stereocenters. The van der Waals surface area contributed by atoms with Crippen LogP contribution in [0.15, 0.2) is 4.99 Å². The maximum atomic E-state index is 12.6. The smallest absolute Gasteiger partial charge is 0.356 e. The molecule has 0 radical (unpaired) electrons. The van der Waals surface area contributed by atoms with Gasteiger partial charge in [0.05, 0.1) is 6.54 Å². The lowest BCUT2D eigenvalue weighted by atomic mass is 10.1. The summed E-state index contributed by atoms with van der Waals surface area (Å²) in [6.07, 6.45) is 0.689. The van der Waals surface area contributed by atoms with Crippen LogP contribution in [0, 0.1) is 11.8 Å². The van der Waals surface area contributed by atoms with Gasteiger partial charge in [0.25, 0.3) is 0 Å². The van der Waals surface area contributed by atoms with Gasteiger partial charge < -0.3 is 10.2 Å². The fourth-order valence-electron chi connectivity index (χ4n) is 3.23. The van der Waals surface area contributed by atoms with Crippen molar-refractivity contribution in [2.75, 3.05) is 46.3 Å². The number of alkyl halides is 3. The summed E-state index contributed by atoms with van der Waals surface area (Å²) in [5.74, 6) is 2.05. The molecule has 2 rings (SSSR count). The number of rotatable bonds is 7. The lowest BCUT2D eigenvalue weighted by Gasteiger charge is -2.26. The molecule has 4 nitrogen and oxygen atoms in total. The zero-order valence-corrected chi connectivity index (χ0v) is 14.2. The van der Waals surface area contributed by atoms with Gasteiger partial charge in [-0.05, 0) is 31.2 Å². The summed E-state index contributed by atoms with van der Waals surface area (Å²) in [7, 11) is 1.77. The number of guanidine groups is 1. The average Bonchev–Trinajstić information content (AvgIpc) is 3.19. The Morgan fingerprint density at radius 2 is 2.00 bits per heavy atom. The fraction of sp³-hybridized carbons (Fsp3) is 0.938. The third-order valence-corrected chi connectivity index (χ3v) is 4.70. The van der Waals surface area contributed by atoms with Crippen molar-refractivity contribution in [2.45, 2.75) is 38.8 Å². The molecule has 2 aliphatic rings.